The molecule has 0 spiro atoms. The molecule has 1 aliphatic heterocycles. The number of hydrogen-bond acceptors (Lipinski definition) is 5. The first-order valence-corrected chi connectivity index (χ1v) is 6.45. The zero-order valence-corrected chi connectivity index (χ0v) is 11.7. The predicted molar refractivity (Wildman–Crippen MR) is 71.8 cm³/mol. The molecule has 2 atom stereocenters. The van der Waals surface area contributed by atoms with Crippen molar-refractivity contribution in [3.8, 4) is 0 Å². The first-order valence-electron chi connectivity index (χ1n) is 5.66. The zero-order valence-electron chi connectivity index (χ0n) is 10.2. The molecule has 2 N–H and O–H groups in total. The summed E-state index contributed by atoms with van der Waals surface area (Å²) in [4.78, 5) is 10.4. The normalized spacial score (nSPS) is 22.5. The number of nitrogens with one attached hydrogen (secondary N) is 2. The van der Waals surface area contributed by atoms with Gasteiger partial charge < -0.3 is 15.4 Å². The quantitative estimate of drug-likeness (QED) is 0.650. The highest BCUT2D eigenvalue weighted by atomic mass is 79.9. The molecule has 1 saturated heterocycles. The molecule has 19 heavy (non-hydrogen) atoms. The van der Waals surface area contributed by atoms with Gasteiger partial charge in [-0.1, -0.05) is 0 Å². The number of methoxy groups -OCH3 is 1. The van der Waals surface area contributed by atoms with Crippen LogP contribution in [0, 0.1) is 15.9 Å². The third kappa shape index (κ3) is 3.02. The second-order valence-electron chi connectivity index (χ2n) is 4.22. The molecule has 0 amide bonds. The van der Waals surface area contributed by atoms with Crippen LogP contribution in [0.4, 0.5) is 15.8 Å². The highest BCUT2D eigenvalue weighted by molar-refractivity contribution is 9.10. The number of benzene rings is 1. The lowest BCUT2D eigenvalue weighted by molar-refractivity contribution is -0.384. The molecule has 0 saturated carbocycles. The van der Waals surface area contributed by atoms with E-state index >= 15 is 0 Å². The van der Waals surface area contributed by atoms with E-state index in [9.17, 15) is 14.5 Å². The van der Waals surface area contributed by atoms with Crippen molar-refractivity contribution in [2.75, 3.05) is 25.5 Å². The number of nitrogens with zero attached hydrogens (tertiary/aromatic N) is 1. The van der Waals surface area contributed by atoms with Crippen LogP contribution in [0.25, 0.3) is 0 Å². The van der Waals surface area contributed by atoms with Crippen LogP contribution < -0.4 is 10.6 Å². The van der Waals surface area contributed by atoms with Gasteiger partial charge in [-0.2, -0.15) is 0 Å². The van der Waals surface area contributed by atoms with Crippen molar-refractivity contribution in [1.29, 1.82) is 0 Å². The summed E-state index contributed by atoms with van der Waals surface area (Å²) >= 11 is 2.94. The maximum atomic E-state index is 13.5. The standard InChI is InChI=1S/C11H13BrFN3O3/c1-19-11-5-14-4-9(11)15-8-3-7(13)6(12)2-10(8)16(17)18/h2-3,9,11,14-15H,4-5H2,1H3/t9?,11-/m0/s1. The summed E-state index contributed by atoms with van der Waals surface area (Å²) in [6, 6.07) is 2.14. The topological polar surface area (TPSA) is 76.4 Å². The molecule has 1 heterocycles. The number of halogens is 2. The minimum absolute atomic E-state index is 0.0672. The minimum Gasteiger partial charge on any atom is -0.378 e. The summed E-state index contributed by atoms with van der Waals surface area (Å²) in [5.41, 5.74) is -0.0171. The average molecular weight is 334 g/mol. The Hall–Kier alpha value is -1.25. The van der Waals surface area contributed by atoms with Crippen molar-refractivity contribution in [3.63, 3.8) is 0 Å². The Morgan fingerprint density at radius 3 is 2.95 bits per heavy atom. The number of nitro benzene ring substituents is 1. The summed E-state index contributed by atoms with van der Waals surface area (Å²) in [7, 11) is 1.57. The van der Waals surface area contributed by atoms with Gasteiger partial charge in [0.1, 0.15) is 11.5 Å². The third-order valence-corrected chi connectivity index (χ3v) is 3.65. The number of nitro groups is 1. The molecule has 8 heteroatoms. The fourth-order valence-electron chi connectivity index (χ4n) is 2.05. The maximum Gasteiger partial charge on any atom is 0.293 e. The van der Waals surface area contributed by atoms with Crippen LogP contribution in [0.2, 0.25) is 0 Å². The number of hydrogen-bond donors (Lipinski definition) is 2. The Kier molecular flexibility index (Phi) is 4.33. The first kappa shape index (κ1) is 14.2. The van der Waals surface area contributed by atoms with Crippen LogP contribution in [0.5, 0.6) is 0 Å². The van der Waals surface area contributed by atoms with Gasteiger partial charge in [0.2, 0.25) is 0 Å². The van der Waals surface area contributed by atoms with Crippen LogP contribution in [0.1, 0.15) is 0 Å². The largest absolute Gasteiger partial charge is 0.378 e. The van der Waals surface area contributed by atoms with Crippen molar-refractivity contribution in [2.45, 2.75) is 12.1 Å². The van der Waals surface area contributed by atoms with Crippen molar-refractivity contribution in [1.82, 2.24) is 5.32 Å². The van der Waals surface area contributed by atoms with E-state index in [2.05, 4.69) is 26.6 Å². The maximum absolute atomic E-state index is 13.5. The summed E-state index contributed by atoms with van der Waals surface area (Å²) in [6.07, 6.45) is -0.105. The molecule has 0 aromatic heterocycles. The van der Waals surface area contributed by atoms with Gasteiger partial charge in [-0.15, -0.1) is 0 Å². The number of ether oxygens (including phenoxy) is 1. The van der Waals surface area contributed by atoms with Crippen molar-refractivity contribution in [2.24, 2.45) is 0 Å². The van der Waals surface area contributed by atoms with Gasteiger partial charge in [0.05, 0.1) is 21.5 Å². The molecular weight excluding hydrogens is 321 g/mol. The fraction of sp³-hybridized carbons (Fsp3) is 0.455. The average Bonchev–Trinajstić information content (AvgIpc) is 2.80. The molecule has 0 bridgehead atoms. The lowest BCUT2D eigenvalue weighted by atomic mass is 10.2. The van der Waals surface area contributed by atoms with Gasteiger partial charge in [0, 0.05) is 32.3 Å². The molecular formula is C11H13BrFN3O3. The Labute approximate surface area is 117 Å². The highest BCUT2D eigenvalue weighted by Crippen LogP contribution is 2.31. The monoisotopic (exact) mass is 333 g/mol. The fourth-order valence-corrected chi connectivity index (χ4v) is 2.38. The second kappa shape index (κ2) is 5.81. The Morgan fingerprint density at radius 2 is 2.32 bits per heavy atom. The SMILES string of the molecule is CO[C@H]1CNCC1Nc1cc(F)c(Br)cc1[N+](=O)[O-]. The molecule has 6 nitrogen and oxygen atoms in total. The van der Waals surface area contributed by atoms with E-state index in [1.165, 1.54) is 0 Å². The lowest BCUT2D eigenvalue weighted by Crippen LogP contribution is -2.33. The van der Waals surface area contributed by atoms with E-state index in [1.54, 1.807) is 7.11 Å². The molecule has 2 rings (SSSR count). The smallest absolute Gasteiger partial charge is 0.293 e. The molecule has 1 aromatic rings. The van der Waals surface area contributed by atoms with Crippen molar-refractivity contribution in [3.05, 3.63) is 32.5 Å². The van der Waals surface area contributed by atoms with Gasteiger partial charge in [0.15, 0.2) is 0 Å². The van der Waals surface area contributed by atoms with Crippen LogP contribution in [0.15, 0.2) is 16.6 Å². The van der Waals surface area contributed by atoms with Gasteiger partial charge in [-0.3, -0.25) is 10.1 Å². The molecule has 1 aromatic carbocycles. The number of anilines is 1. The first-order chi connectivity index (χ1) is 9.02. The van der Waals surface area contributed by atoms with E-state index in [-0.39, 0.29) is 28.0 Å². The van der Waals surface area contributed by atoms with E-state index in [1.807, 2.05) is 0 Å². The molecule has 104 valence electrons. The molecule has 1 unspecified atom stereocenters. The Balaban J connectivity index is 2.28. The van der Waals surface area contributed by atoms with Crippen LogP contribution in [-0.2, 0) is 4.74 Å². The van der Waals surface area contributed by atoms with E-state index < -0.39 is 10.7 Å². The Bertz CT molecular complexity index is 500. The summed E-state index contributed by atoms with van der Waals surface area (Å²) in [5.74, 6) is -0.548. The van der Waals surface area contributed by atoms with Gasteiger partial charge in [0.25, 0.3) is 5.69 Å². The van der Waals surface area contributed by atoms with Crippen LogP contribution in [0.3, 0.4) is 0 Å². The van der Waals surface area contributed by atoms with E-state index in [0.29, 0.717) is 13.1 Å². The molecule has 0 radical (unpaired) electrons. The number of rotatable bonds is 4. The third-order valence-electron chi connectivity index (χ3n) is 3.04. The minimum atomic E-state index is -0.548. The van der Waals surface area contributed by atoms with Gasteiger partial charge in [-0.05, 0) is 15.9 Å². The van der Waals surface area contributed by atoms with E-state index in [0.717, 1.165) is 12.1 Å². The summed E-state index contributed by atoms with van der Waals surface area (Å²) in [5, 5.41) is 17.1. The van der Waals surface area contributed by atoms with Crippen molar-refractivity contribution < 1.29 is 14.1 Å². The van der Waals surface area contributed by atoms with Crippen molar-refractivity contribution >= 4 is 27.3 Å². The molecule has 1 fully saturated rings. The van der Waals surface area contributed by atoms with Crippen LogP contribution in [-0.4, -0.2) is 37.3 Å². The van der Waals surface area contributed by atoms with Crippen LogP contribution >= 0.6 is 15.9 Å². The molecule has 0 aliphatic carbocycles. The predicted octanol–water partition coefficient (Wildman–Crippen LogP) is 1.90. The lowest BCUT2D eigenvalue weighted by Gasteiger charge is -2.19. The molecule has 1 aliphatic rings. The second-order valence-corrected chi connectivity index (χ2v) is 5.08. The van der Waals surface area contributed by atoms with E-state index in [4.69, 9.17) is 4.74 Å². The summed E-state index contributed by atoms with van der Waals surface area (Å²) in [6.45, 7) is 1.26. The highest BCUT2D eigenvalue weighted by Gasteiger charge is 2.29. The summed E-state index contributed by atoms with van der Waals surface area (Å²) < 4.78 is 18.8. The zero-order chi connectivity index (χ0) is 14.0. The van der Waals surface area contributed by atoms with Gasteiger partial charge >= 0.3 is 0 Å². The van der Waals surface area contributed by atoms with Gasteiger partial charge in [-0.25, -0.2) is 4.39 Å². The Morgan fingerprint density at radius 1 is 1.58 bits per heavy atom.